The largest absolute Gasteiger partial charge is 0.493 e. The maximum atomic E-state index is 5.98. The van der Waals surface area contributed by atoms with Crippen LogP contribution in [0.1, 0.15) is 44.2 Å². The summed E-state index contributed by atoms with van der Waals surface area (Å²) in [6.45, 7) is 3.82. The molecule has 112 valence electrons. The van der Waals surface area contributed by atoms with Crippen LogP contribution in [-0.4, -0.2) is 26.4 Å². The number of benzene rings is 1. The van der Waals surface area contributed by atoms with E-state index in [1.165, 1.54) is 18.4 Å². The highest BCUT2D eigenvalue weighted by atomic mass is 79.9. The van der Waals surface area contributed by atoms with Crippen molar-refractivity contribution >= 4 is 15.9 Å². The van der Waals surface area contributed by atoms with Gasteiger partial charge in [-0.25, -0.2) is 0 Å². The Bertz CT molecular complexity index is 419. The Morgan fingerprint density at radius 1 is 1.50 bits per heavy atom. The molecule has 1 aromatic rings. The average Bonchev–Trinajstić information content (AvgIpc) is 2.96. The summed E-state index contributed by atoms with van der Waals surface area (Å²) in [5.41, 5.74) is 1.20. The smallest absolute Gasteiger partial charge is 0.125 e. The number of hydrogen-bond acceptors (Lipinski definition) is 3. The number of halogens is 1. The molecule has 4 heteroatoms. The fourth-order valence-electron chi connectivity index (χ4n) is 2.51. The lowest BCUT2D eigenvalue weighted by molar-refractivity contribution is 0.0980. The van der Waals surface area contributed by atoms with Gasteiger partial charge in [0.25, 0.3) is 0 Å². The second-order valence-corrected chi connectivity index (χ2v) is 6.23. The quantitative estimate of drug-likeness (QED) is 0.758. The van der Waals surface area contributed by atoms with Crippen LogP contribution in [0.25, 0.3) is 0 Å². The first-order chi connectivity index (χ1) is 9.70. The average molecular weight is 342 g/mol. The fourth-order valence-corrected chi connectivity index (χ4v) is 2.85. The van der Waals surface area contributed by atoms with Crippen molar-refractivity contribution in [1.82, 2.24) is 5.32 Å². The third-order valence-electron chi connectivity index (χ3n) is 3.83. The highest BCUT2D eigenvalue weighted by molar-refractivity contribution is 9.10. The second kappa shape index (κ2) is 8.01. The zero-order chi connectivity index (χ0) is 14.4. The fraction of sp³-hybridized carbons (Fsp3) is 0.625. The monoisotopic (exact) mass is 341 g/mol. The third-order valence-corrected chi connectivity index (χ3v) is 4.32. The predicted octanol–water partition coefficient (Wildman–Crippen LogP) is 4.07. The van der Waals surface area contributed by atoms with Crippen molar-refractivity contribution in [1.29, 1.82) is 0 Å². The first-order valence-electron chi connectivity index (χ1n) is 7.42. The molecule has 1 aromatic carbocycles. The van der Waals surface area contributed by atoms with E-state index in [-0.39, 0.29) is 6.04 Å². The summed E-state index contributed by atoms with van der Waals surface area (Å²) < 4.78 is 12.7. The molecule has 1 fully saturated rings. The van der Waals surface area contributed by atoms with Crippen molar-refractivity contribution in [3.8, 4) is 5.75 Å². The van der Waals surface area contributed by atoms with Crippen LogP contribution in [0, 0.1) is 0 Å². The molecule has 20 heavy (non-hydrogen) atoms. The number of hydrogen-bond donors (Lipinski definition) is 1. The number of ether oxygens (including phenoxy) is 2. The molecule has 0 amide bonds. The first-order valence-corrected chi connectivity index (χ1v) is 8.21. The molecule has 3 nitrogen and oxygen atoms in total. The van der Waals surface area contributed by atoms with Crippen LogP contribution >= 0.6 is 15.9 Å². The molecule has 0 spiro atoms. The zero-order valence-electron chi connectivity index (χ0n) is 12.3. The van der Waals surface area contributed by atoms with Gasteiger partial charge in [0.1, 0.15) is 5.75 Å². The Balaban J connectivity index is 1.85. The SMILES string of the molecule is CNC(C)c1ccc(Br)cc1OCCCC1CCCO1. The topological polar surface area (TPSA) is 30.5 Å². The van der Waals surface area contributed by atoms with Gasteiger partial charge in [0.2, 0.25) is 0 Å². The van der Waals surface area contributed by atoms with Crippen LogP contribution in [0.15, 0.2) is 22.7 Å². The summed E-state index contributed by atoms with van der Waals surface area (Å²) in [4.78, 5) is 0. The van der Waals surface area contributed by atoms with Crippen molar-refractivity contribution in [3.05, 3.63) is 28.2 Å². The molecule has 2 atom stereocenters. The van der Waals surface area contributed by atoms with Gasteiger partial charge in [-0.3, -0.25) is 0 Å². The summed E-state index contributed by atoms with van der Waals surface area (Å²) >= 11 is 3.51. The van der Waals surface area contributed by atoms with E-state index in [0.717, 1.165) is 36.3 Å². The van der Waals surface area contributed by atoms with E-state index in [0.29, 0.717) is 6.10 Å². The molecule has 1 aliphatic rings. The van der Waals surface area contributed by atoms with Gasteiger partial charge in [0, 0.05) is 22.7 Å². The standard InChI is InChI=1S/C16H24BrNO2/c1-12(18-2)15-8-7-13(17)11-16(15)20-10-4-6-14-5-3-9-19-14/h7-8,11-12,14,18H,3-6,9-10H2,1-2H3. The normalized spacial score (nSPS) is 20.1. The molecule has 2 unspecified atom stereocenters. The highest BCUT2D eigenvalue weighted by Crippen LogP contribution is 2.29. The van der Waals surface area contributed by atoms with Gasteiger partial charge in [-0.05, 0) is 51.8 Å². The Morgan fingerprint density at radius 2 is 2.35 bits per heavy atom. The van der Waals surface area contributed by atoms with Crippen LogP contribution in [0.3, 0.4) is 0 Å². The van der Waals surface area contributed by atoms with E-state index in [1.54, 1.807) is 0 Å². The van der Waals surface area contributed by atoms with Crippen LogP contribution in [-0.2, 0) is 4.74 Å². The number of rotatable bonds is 7. The Hall–Kier alpha value is -0.580. The van der Waals surface area contributed by atoms with Crippen LogP contribution in [0.4, 0.5) is 0 Å². The van der Waals surface area contributed by atoms with Crippen molar-refractivity contribution < 1.29 is 9.47 Å². The molecule has 1 heterocycles. The van der Waals surface area contributed by atoms with Crippen LogP contribution < -0.4 is 10.1 Å². The minimum absolute atomic E-state index is 0.288. The maximum Gasteiger partial charge on any atom is 0.125 e. The molecule has 2 rings (SSSR count). The highest BCUT2D eigenvalue weighted by Gasteiger charge is 2.15. The molecule has 0 saturated carbocycles. The lowest BCUT2D eigenvalue weighted by atomic mass is 10.1. The van der Waals surface area contributed by atoms with E-state index >= 15 is 0 Å². The predicted molar refractivity (Wildman–Crippen MR) is 85.3 cm³/mol. The molecular weight excluding hydrogens is 318 g/mol. The molecular formula is C16H24BrNO2. The van der Waals surface area contributed by atoms with E-state index in [9.17, 15) is 0 Å². The summed E-state index contributed by atoms with van der Waals surface area (Å²) in [6.07, 6.45) is 5.02. The molecule has 1 aliphatic heterocycles. The number of nitrogens with one attached hydrogen (secondary N) is 1. The second-order valence-electron chi connectivity index (χ2n) is 5.32. The lowest BCUT2D eigenvalue weighted by Crippen LogP contribution is -2.14. The van der Waals surface area contributed by atoms with Gasteiger partial charge in [-0.15, -0.1) is 0 Å². The maximum absolute atomic E-state index is 5.98. The van der Waals surface area contributed by atoms with Gasteiger partial charge in [0.15, 0.2) is 0 Å². The van der Waals surface area contributed by atoms with Crippen LogP contribution in [0.5, 0.6) is 5.75 Å². The molecule has 1 saturated heterocycles. The van der Waals surface area contributed by atoms with Crippen LogP contribution in [0.2, 0.25) is 0 Å². The van der Waals surface area contributed by atoms with E-state index in [2.05, 4.69) is 46.4 Å². The summed E-state index contributed by atoms with van der Waals surface area (Å²) in [5.74, 6) is 0.966. The Labute approximate surface area is 130 Å². The van der Waals surface area contributed by atoms with E-state index < -0.39 is 0 Å². The molecule has 1 N–H and O–H groups in total. The third kappa shape index (κ3) is 4.47. The van der Waals surface area contributed by atoms with E-state index in [1.807, 2.05) is 7.05 Å². The summed E-state index contributed by atoms with van der Waals surface area (Å²) in [5, 5.41) is 3.26. The van der Waals surface area contributed by atoms with Crippen molar-refractivity contribution in [3.63, 3.8) is 0 Å². The zero-order valence-corrected chi connectivity index (χ0v) is 13.9. The minimum Gasteiger partial charge on any atom is -0.493 e. The molecule has 0 radical (unpaired) electrons. The Morgan fingerprint density at radius 3 is 3.05 bits per heavy atom. The lowest BCUT2D eigenvalue weighted by Gasteiger charge is -2.17. The van der Waals surface area contributed by atoms with Gasteiger partial charge in [-0.1, -0.05) is 22.0 Å². The van der Waals surface area contributed by atoms with Gasteiger partial charge in [0.05, 0.1) is 12.7 Å². The van der Waals surface area contributed by atoms with Gasteiger partial charge < -0.3 is 14.8 Å². The van der Waals surface area contributed by atoms with Crippen molar-refractivity contribution in [2.24, 2.45) is 0 Å². The van der Waals surface area contributed by atoms with E-state index in [4.69, 9.17) is 9.47 Å². The van der Waals surface area contributed by atoms with Crippen molar-refractivity contribution in [2.45, 2.75) is 44.8 Å². The first kappa shape index (κ1) is 15.8. The molecule has 0 bridgehead atoms. The summed E-state index contributed by atoms with van der Waals surface area (Å²) in [6, 6.07) is 6.51. The van der Waals surface area contributed by atoms with Gasteiger partial charge >= 0.3 is 0 Å². The minimum atomic E-state index is 0.288. The summed E-state index contributed by atoms with van der Waals surface area (Å²) in [7, 11) is 1.97. The van der Waals surface area contributed by atoms with Gasteiger partial charge in [-0.2, -0.15) is 0 Å². The van der Waals surface area contributed by atoms with Crippen molar-refractivity contribution in [2.75, 3.05) is 20.3 Å². The Kier molecular flexibility index (Phi) is 6.33. The molecule has 0 aromatic heterocycles. The molecule has 0 aliphatic carbocycles.